The van der Waals surface area contributed by atoms with Gasteiger partial charge in [0.15, 0.2) is 0 Å². The second-order valence-electron chi connectivity index (χ2n) is 5.18. The summed E-state index contributed by atoms with van der Waals surface area (Å²) < 4.78 is 0. The normalized spacial score (nSPS) is 16.6. The number of likely N-dealkylation sites (tertiary alicyclic amines) is 1. The monoisotopic (exact) mass is 251 g/mol. The average molecular weight is 251 g/mol. The van der Waals surface area contributed by atoms with Crippen LogP contribution in [0.1, 0.15) is 39.5 Å². The molecule has 0 unspecified atom stereocenters. The number of amides is 1. The van der Waals surface area contributed by atoms with Crippen LogP contribution in [0.4, 0.5) is 0 Å². The van der Waals surface area contributed by atoms with E-state index in [0.29, 0.717) is 12.8 Å². The first-order valence-corrected chi connectivity index (χ1v) is 6.98. The topological polar surface area (TPSA) is 47.3 Å². The van der Waals surface area contributed by atoms with E-state index in [1.807, 2.05) is 20.9 Å². The van der Waals surface area contributed by atoms with Crippen LogP contribution in [0, 0.1) is 16.7 Å². The van der Waals surface area contributed by atoms with Gasteiger partial charge in [-0.1, -0.05) is 13.8 Å². The molecule has 0 N–H and O–H groups in total. The van der Waals surface area contributed by atoms with E-state index in [1.54, 1.807) is 4.90 Å². The highest BCUT2D eigenvalue weighted by molar-refractivity contribution is 5.85. The Balaban J connectivity index is 2.51. The predicted molar refractivity (Wildman–Crippen MR) is 71.9 cm³/mol. The first kappa shape index (κ1) is 15.0. The van der Waals surface area contributed by atoms with Gasteiger partial charge < -0.3 is 9.80 Å². The minimum Gasteiger partial charge on any atom is -0.343 e. The third kappa shape index (κ3) is 3.23. The summed E-state index contributed by atoms with van der Waals surface area (Å²) in [7, 11) is 1.82. The molecule has 1 aliphatic rings. The number of hydrogen-bond donors (Lipinski definition) is 0. The molecule has 1 fully saturated rings. The van der Waals surface area contributed by atoms with Crippen molar-refractivity contribution in [1.29, 1.82) is 5.26 Å². The van der Waals surface area contributed by atoms with Gasteiger partial charge in [0.2, 0.25) is 5.91 Å². The van der Waals surface area contributed by atoms with Gasteiger partial charge in [-0.15, -0.1) is 0 Å². The molecule has 1 amide bonds. The molecule has 1 heterocycles. The number of hydrogen-bond acceptors (Lipinski definition) is 3. The van der Waals surface area contributed by atoms with E-state index in [0.717, 1.165) is 26.2 Å². The molecule has 1 saturated heterocycles. The van der Waals surface area contributed by atoms with Crippen LogP contribution >= 0.6 is 0 Å². The van der Waals surface area contributed by atoms with Crippen molar-refractivity contribution in [3.05, 3.63) is 0 Å². The van der Waals surface area contributed by atoms with Crippen molar-refractivity contribution >= 4 is 5.91 Å². The van der Waals surface area contributed by atoms with Crippen molar-refractivity contribution in [2.45, 2.75) is 39.5 Å². The maximum absolute atomic E-state index is 12.3. The number of nitrogens with zero attached hydrogens (tertiary/aromatic N) is 3. The Labute approximate surface area is 111 Å². The molecule has 102 valence electrons. The number of likely N-dealkylation sites (N-methyl/N-ethyl adjacent to an activating group) is 1. The minimum atomic E-state index is -0.820. The van der Waals surface area contributed by atoms with Crippen molar-refractivity contribution in [2.24, 2.45) is 5.41 Å². The molecule has 4 nitrogen and oxygen atoms in total. The molecule has 0 saturated carbocycles. The lowest BCUT2D eigenvalue weighted by Gasteiger charge is -2.29. The minimum absolute atomic E-state index is 0.0193. The zero-order chi connectivity index (χ0) is 13.6. The Hall–Kier alpha value is -1.08. The van der Waals surface area contributed by atoms with Crippen LogP contribution in [0.2, 0.25) is 0 Å². The summed E-state index contributed by atoms with van der Waals surface area (Å²) in [5.74, 6) is -0.0193. The lowest BCUT2D eigenvalue weighted by atomic mass is 9.82. The Morgan fingerprint density at radius 3 is 2.33 bits per heavy atom. The molecule has 18 heavy (non-hydrogen) atoms. The molecule has 1 aliphatic heterocycles. The number of carbonyl (C=O) groups is 1. The molecule has 0 spiro atoms. The smallest absolute Gasteiger partial charge is 0.242 e. The molecule has 0 bridgehead atoms. The van der Waals surface area contributed by atoms with E-state index in [-0.39, 0.29) is 5.91 Å². The number of carbonyl (C=O) groups excluding carboxylic acids is 1. The van der Waals surface area contributed by atoms with Crippen molar-refractivity contribution < 1.29 is 4.79 Å². The summed E-state index contributed by atoms with van der Waals surface area (Å²) >= 11 is 0. The second kappa shape index (κ2) is 6.75. The van der Waals surface area contributed by atoms with Crippen LogP contribution in [0.15, 0.2) is 0 Å². The summed E-state index contributed by atoms with van der Waals surface area (Å²) in [6, 6.07) is 2.22. The summed E-state index contributed by atoms with van der Waals surface area (Å²) in [6.45, 7) is 7.78. The molecule has 0 aromatic heterocycles. The molecular formula is C14H25N3O. The Kier molecular flexibility index (Phi) is 5.61. The van der Waals surface area contributed by atoms with Crippen LogP contribution < -0.4 is 0 Å². The van der Waals surface area contributed by atoms with Gasteiger partial charge in [-0.25, -0.2) is 0 Å². The van der Waals surface area contributed by atoms with Crippen LogP contribution in [0.25, 0.3) is 0 Å². The summed E-state index contributed by atoms with van der Waals surface area (Å²) in [5, 5.41) is 9.27. The highest BCUT2D eigenvalue weighted by atomic mass is 16.2. The maximum Gasteiger partial charge on any atom is 0.242 e. The Morgan fingerprint density at radius 2 is 1.89 bits per heavy atom. The van der Waals surface area contributed by atoms with Crippen LogP contribution in [-0.4, -0.2) is 48.9 Å². The Morgan fingerprint density at radius 1 is 1.33 bits per heavy atom. The highest BCUT2D eigenvalue weighted by Crippen LogP contribution is 2.27. The van der Waals surface area contributed by atoms with Gasteiger partial charge in [-0.2, -0.15) is 5.26 Å². The van der Waals surface area contributed by atoms with Gasteiger partial charge in [-0.3, -0.25) is 4.79 Å². The molecule has 4 heteroatoms. The van der Waals surface area contributed by atoms with E-state index < -0.39 is 5.41 Å². The lowest BCUT2D eigenvalue weighted by molar-refractivity contribution is -0.138. The zero-order valence-electron chi connectivity index (χ0n) is 11.9. The standard InChI is InChI=1S/C14H25N3O/c1-4-14(5-2,12-15)13(18)16(3)10-11-17-8-6-7-9-17/h4-11H2,1-3H3. The third-order valence-electron chi connectivity index (χ3n) is 4.13. The van der Waals surface area contributed by atoms with Crippen molar-refractivity contribution in [1.82, 2.24) is 9.80 Å². The van der Waals surface area contributed by atoms with E-state index in [9.17, 15) is 10.1 Å². The van der Waals surface area contributed by atoms with Gasteiger partial charge in [0.1, 0.15) is 5.41 Å². The summed E-state index contributed by atoms with van der Waals surface area (Å²) in [5.41, 5.74) is -0.820. The summed E-state index contributed by atoms with van der Waals surface area (Å²) in [4.78, 5) is 16.5. The largest absolute Gasteiger partial charge is 0.343 e. The number of rotatable bonds is 6. The van der Waals surface area contributed by atoms with Gasteiger partial charge in [0, 0.05) is 20.1 Å². The quantitative estimate of drug-likeness (QED) is 0.724. The van der Waals surface area contributed by atoms with Crippen LogP contribution in [0.5, 0.6) is 0 Å². The molecule has 0 aliphatic carbocycles. The summed E-state index contributed by atoms with van der Waals surface area (Å²) in [6.07, 6.45) is 3.72. The van der Waals surface area contributed by atoms with Gasteiger partial charge in [0.05, 0.1) is 6.07 Å². The second-order valence-corrected chi connectivity index (χ2v) is 5.18. The Bertz CT molecular complexity index is 311. The average Bonchev–Trinajstić information content (AvgIpc) is 2.91. The van der Waals surface area contributed by atoms with Gasteiger partial charge in [0.25, 0.3) is 0 Å². The fourth-order valence-corrected chi connectivity index (χ4v) is 2.52. The van der Waals surface area contributed by atoms with E-state index in [2.05, 4.69) is 11.0 Å². The molecule has 0 atom stereocenters. The van der Waals surface area contributed by atoms with Crippen LogP contribution in [0.3, 0.4) is 0 Å². The molecular weight excluding hydrogens is 226 g/mol. The van der Waals surface area contributed by atoms with Crippen molar-refractivity contribution in [2.75, 3.05) is 33.2 Å². The molecule has 0 radical (unpaired) electrons. The third-order valence-corrected chi connectivity index (χ3v) is 4.13. The van der Waals surface area contributed by atoms with E-state index >= 15 is 0 Å². The number of nitriles is 1. The van der Waals surface area contributed by atoms with Crippen molar-refractivity contribution in [3.63, 3.8) is 0 Å². The van der Waals surface area contributed by atoms with Gasteiger partial charge >= 0.3 is 0 Å². The predicted octanol–water partition coefficient (Wildman–Crippen LogP) is 1.87. The first-order chi connectivity index (χ1) is 8.59. The van der Waals surface area contributed by atoms with Gasteiger partial charge in [-0.05, 0) is 38.8 Å². The van der Waals surface area contributed by atoms with E-state index in [4.69, 9.17) is 0 Å². The fourth-order valence-electron chi connectivity index (χ4n) is 2.52. The van der Waals surface area contributed by atoms with Crippen LogP contribution in [-0.2, 0) is 4.79 Å². The molecule has 0 aromatic rings. The first-order valence-electron chi connectivity index (χ1n) is 6.98. The lowest BCUT2D eigenvalue weighted by Crippen LogP contribution is -2.43. The van der Waals surface area contributed by atoms with E-state index in [1.165, 1.54) is 12.8 Å². The maximum atomic E-state index is 12.3. The SMILES string of the molecule is CCC(C#N)(CC)C(=O)N(C)CCN1CCCC1. The zero-order valence-corrected chi connectivity index (χ0v) is 11.9. The molecule has 0 aromatic carbocycles. The van der Waals surface area contributed by atoms with Crippen molar-refractivity contribution in [3.8, 4) is 6.07 Å². The fraction of sp³-hybridized carbons (Fsp3) is 0.857. The highest BCUT2D eigenvalue weighted by Gasteiger charge is 2.37. The molecule has 1 rings (SSSR count).